The summed E-state index contributed by atoms with van der Waals surface area (Å²) in [6.45, 7) is 3.68. The first-order valence-corrected chi connectivity index (χ1v) is 6.93. The number of halogens is 3. The Labute approximate surface area is 123 Å². The number of nitrogens with zero attached hydrogens (tertiary/aromatic N) is 1. The highest BCUT2D eigenvalue weighted by atomic mass is 32.1. The summed E-state index contributed by atoms with van der Waals surface area (Å²) in [6.07, 6.45) is -3.65. The lowest BCUT2D eigenvalue weighted by atomic mass is 10.1. The first kappa shape index (κ1) is 15.5. The average Bonchev–Trinajstić information content (AvgIpc) is 2.86. The number of ketones is 1. The van der Waals surface area contributed by atoms with Crippen LogP contribution in [-0.2, 0) is 6.18 Å². The van der Waals surface area contributed by atoms with Crippen LogP contribution in [0.4, 0.5) is 13.2 Å². The van der Waals surface area contributed by atoms with Gasteiger partial charge in [-0.15, -0.1) is 11.3 Å². The lowest BCUT2D eigenvalue weighted by molar-refractivity contribution is -0.137. The van der Waals surface area contributed by atoms with Gasteiger partial charge >= 0.3 is 6.18 Å². The minimum absolute atomic E-state index is 0.0518. The van der Waals surface area contributed by atoms with E-state index in [1.165, 1.54) is 12.1 Å². The quantitative estimate of drug-likeness (QED) is 0.795. The number of hydrogen-bond acceptors (Lipinski definition) is 4. The number of alkyl halides is 3. The monoisotopic (exact) mass is 315 g/mol. The Morgan fingerprint density at radius 1 is 1.33 bits per heavy atom. The Bertz CT molecular complexity index is 650. The molecule has 0 saturated heterocycles. The minimum Gasteiger partial charge on any atom is -0.491 e. The number of ether oxygens (including phenoxy) is 1. The van der Waals surface area contributed by atoms with Crippen LogP contribution in [-0.4, -0.2) is 16.9 Å². The molecule has 2 rings (SSSR count). The average molecular weight is 315 g/mol. The number of rotatable bonds is 4. The number of thiazole rings is 1. The van der Waals surface area contributed by atoms with Crippen molar-refractivity contribution in [2.75, 3.05) is 0 Å². The van der Waals surface area contributed by atoms with Crippen molar-refractivity contribution in [2.45, 2.75) is 26.1 Å². The molecule has 1 aromatic heterocycles. The molecule has 0 amide bonds. The van der Waals surface area contributed by atoms with Gasteiger partial charge in [-0.3, -0.25) is 4.79 Å². The summed E-state index contributed by atoms with van der Waals surface area (Å²) in [5.41, 5.74) is 0.269. The zero-order valence-corrected chi connectivity index (χ0v) is 12.1. The maximum atomic E-state index is 12.5. The van der Waals surface area contributed by atoms with Gasteiger partial charge < -0.3 is 4.74 Å². The molecule has 7 heteroatoms. The lowest BCUT2D eigenvalue weighted by Gasteiger charge is -2.10. The molecule has 2 aromatic rings. The summed E-state index contributed by atoms with van der Waals surface area (Å²) in [6, 6.07) is 6.35. The van der Waals surface area contributed by atoms with E-state index in [0.717, 1.165) is 6.20 Å². The lowest BCUT2D eigenvalue weighted by Crippen LogP contribution is -2.06. The van der Waals surface area contributed by atoms with Crippen molar-refractivity contribution < 1.29 is 22.7 Å². The second kappa shape index (κ2) is 5.85. The predicted octanol–water partition coefficient (Wildman–Crippen LogP) is 4.18. The maximum Gasteiger partial charge on any atom is 0.443 e. The Morgan fingerprint density at radius 3 is 2.62 bits per heavy atom. The molecule has 21 heavy (non-hydrogen) atoms. The summed E-state index contributed by atoms with van der Waals surface area (Å²) in [7, 11) is 0. The third-order valence-electron chi connectivity index (χ3n) is 2.44. The van der Waals surface area contributed by atoms with Gasteiger partial charge in [-0.25, -0.2) is 4.98 Å². The van der Waals surface area contributed by atoms with Crippen LogP contribution in [0.5, 0.6) is 5.75 Å². The topological polar surface area (TPSA) is 39.2 Å². The van der Waals surface area contributed by atoms with Crippen LogP contribution in [0.3, 0.4) is 0 Å². The van der Waals surface area contributed by atoms with Crippen LogP contribution in [0.2, 0.25) is 0 Å². The fraction of sp³-hybridized carbons (Fsp3) is 0.286. The van der Waals surface area contributed by atoms with Gasteiger partial charge in [-0.2, -0.15) is 13.2 Å². The molecule has 0 N–H and O–H groups in total. The number of carbonyl (C=O) groups excluding carboxylic acids is 1. The number of aromatic nitrogens is 1. The molecule has 112 valence electrons. The Morgan fingerprint density at radius 2 is 2.05 bits per heavy atom. The molecular weight excluding hydrogens is 303 g/mol. The van der Waals surface area contributed by atoms with Crippen LogP contribution in [0.25, 0.3) is 0 Å². The van der Waals surface area contributed by atoms with Crippen molar-refractivity contribution in [3.8, 4) is 5.75 Å². The molecule has 0 unspecified atom stereocenters. The van der Waals surface area contributed by atoms with Gasteiger partial charge in [0.15, 0.2) is 5.01 Å². The zero-order chi connectivity index (χ0) is 15.6. The minimum atomic E-state index is -4.54. The standard InChI is InChI=1S/C14H12F3NO2S/c1-8(2)20-10-5-3-4-9(6-10)12(19)11-7-18-13(21-11)14(15,16)17/h3-8H,1-2H3. The molecule has 0 aliphatic heterocycles. The van der Waals surface area contributed by atoms with Crippen molar-refractivity contribution in [1.82, 2.24) is 4.98 Å². The maximum absolute atomic E-state index is 12.5. The Hall–Kier alpha value is -1.89. The van der Waals surface area contributed by atoms with Crippen molar-refractivity contribution >= 4 is 17.1 Å². The Balaban J connectivity index is 2.26. The van der Waals surface area contributed by atoms with E-state index in [1.54, 1.807) is 12.1 Å². The molecule has 0 fully saturated rings. The zero-order valence-electron chi connectivity index (χ0n) is 11.3. The third-order valence-corrected chi connectivity index (χ3v) is 3.48. The molecule has 0 atom stereocenters. The molecule has 0 bridgehead atoms. The normalized spacial score (nSPS) is 11.7. The van der Waals surface area contributed by atoms with Crippen LogP contribution in [0, 0.1) is 0 Å². The number of hydrogen-bond donors (Lipinski definition) is 0. The first-order chi connectivity index (χ1) is 9.77. The van der Waals surface area contributed by atoms with E-state index in [4.69, 9.17) is 4.74 Å². The van der Waals surface area contributed by atoms with Crippen molar-refractivity contribution in [3.63, 3.8) is 0 Å². The van der Waals surface area contributed by atoms with Crippen molar-refractivity contribution in [3.05, 3.63) is 45.9 Å². The van der Waals surface area contributed by atoms with E-state index < -0.39 is 17.0 Å². The van der Waals surface area contributed by atoms with Gasteiger partial charge in [0.2, 0.25) is 5.78 Å². The van der Waals surface area contributed by atoms with Gasteiger partial charge in [0.05, 0.1) is 11.0 Å². The van der Waals surface area contributed by atoms with Gasteiger partial charge in [-0.05, 0) is 26.0 Å². The molecule has 0 saturated carbocycles. The first-order valence-electron chi connectivity index (χ1n) is 6.12. The summed E-state index contributed by atoms with van der Waals surface area (Å²) in [4.78, 5) is 15.4. The van der Waals surface area contributed by atoms with Gasteiger partial charge in [0, 0.05) is 11.8 Å². The molecule has 0 radical (unpaired) electrons. The largest absolute Gasteiger partial charge is 0.491 e. The van der Waals surface area contributed by atoms with Crippen molar-refractivity contribution in [2.24, 2.45) is 0 Å². The highest BCUT2D eigenvalue weighted by Gasteiger charge is 2.35. The number of carbonyl (C=O) groups is 1. The van der Waals surface area contributed by atoms with E-state index >= 15 is 0 Å². The second-order valence-corrected chi connectivity index (χ2v) is 5.58. The van der Waals surface area contributed by atoms with Gasteiger partial charge in [0.1, 0.15) is 5.75 Å². The molecule has 1 heterocycles. The fourth-order valence-corrected chi connectivity index (χ4v) is 2.38. The van der Waals surface area contributed by atoms with E-state index in [9.17, 15) is 18.0 Å². The summed E-state index contributed by atoms with van der Waals surface area (Å²) >= 11 is 0.336. The summed E-state index contributed by atoms with van der Waals surface area (Å²) in [5, 5.41) is -1.03. The van der Waals surface area contributed by atoms with E-state index in [-0.39, 0.29) is 16.5 Å². The van der Waals surface area contributed by atoms with E-state index in [1.807, 2.05) is 13.8 Å². The molecule has 0 aliphatic carbocycles. The van der Waals surface area contributed by atoms with Crippen molar-refractivity contribution in [1.29, 1.82) is 0 Å². The third kappa shape index (κ3) is 3.81. The predicted molar refractivity (Wildman–Crippen MR) is 72.8 cm³/mol. The smallest absolute Gasteiger partial charge is 0.443 e. The molecule has 0 aliphatic rings. The van der Waals surface area contributed by atoms with Gasteiger partial charge in [-0.1, -0.05) is 12.1 Å². The fourth-order valence-electron chi connectivity index (χ4n) is 1.64. The van der Waals surface area contributed by atoms with Crippen LogP contribution in [0.15, 0.2) is 30.5 Å². The van der Waals surface area contributed by atoms with E-state index in [2.05, 4.69) is 4.98 Å². The van der Waals surface area contributed by atoms with Crippen LogP contribution in [0.1, 0.15) is 34.1 Å². The number of benzene rings is 1. The Kier molecular flexibility index (Phi) is 4.32. The van der Waals surface area contributed by atoms with E-state index in [0.29, 0.717) is 17.1 Å². The highest BCUT2D eigenvalue weighted by Crippen LogP contribution is 2.33. The second-order valence-electron chi connectivity index (χ2n) is 4.55. The molecular formula is C14H12F3NO2S. The SMILES string of the molecule is CC(C)Oc1cccc(C(=O)c2cnc(C(F)(F)F)s2)c1. The van der Waals surface area contributed by atoms with Gasteiger partial charge in [0.25, 0.3) is 0 Å². The molecule has 0 spiro atoms. The van der Waals surface area contributed by atoms with Crippen LogP contribution < -0.4 is 4.74 Å². The summed E-state index contributed by atoms with van der Waals surface area (Å²) in [5.74, 6) is -0.00591. The summed E-state index contributed by atoms with van der Waals surface area (Å²) < 4.78 is 42.9. The molecule has 3 nitrogen and oxygen atoms in total. The molecule has 1 aromatic carbocycles. The van der Waals surface area contributed by atoms with Crippen LogP contribution >= 0.6 is 11.3 Å². The highest BCUT2D eigenvalue weighted by molar-refractivity contribution is 7.13.